The number of allylic oxidation sites excluding steroid dienone is 1. The first-order valence-corrected chi connectivity index (χ1v) is 4.89. The van der Waals surface area contributed by atoms with Crippen molar-refractivity contribution in [1.82, 2.24) is 10.6 Å². The zero-order valence-corrected chi connectivity index (χ0v) is 8.34. The van der Waals surface area contributed by atoms with Crippen molar-refractivity contribution < 1.29 is 4.79 Å². The van der Waals surface area contributed by atoms with Gasteiger partial charge < -0.3 is 10.6 Å². The Hall–Kier alpha value is -0.990. The van der Waals surface area contributed by atoms with Gasteiger partial charge >= 0.3 is 6.03 Å². The zero-order chi connectivity index (χ0) is 9.68. The lowest BCUT2D eigenvalue weighted by atomic mass is 10.2. The van der Waals surface area contributed by atoms with Crippen molar-refractivity contribution in [2.24, 2.45) is 11.8 Å². The summed E-state index contributed by atoms with van der Waals surface area (Å²) in [5.41, 5.74) is 0. The number of amides is 2. The molecule has 2 N–H and O–H groups in total. The molecule has 13 heavy (non-hydrogen) atoms. The first-order chi connectivity index (χ1) is 6.18. The van der Waals surface area contributed by atoms with Gasteiger partial charge in [-0.15, -0.1) is 0 Å². The normalized spacial score (nSPS) is 16.5. The van der Waals surface area contributed by atoms with Crippen LogP contribution in [0.3, 0.4) is 0 Å². The molecule has 0 aromatic rings. The molecule has 1 rings (SSSR count). The van der Waals surface area contributed by atoms with E-state index < -0.39 is 0 Å². The average molecular weight is 182 g/mol. The van der Waals surface area contributed by atoms with Gasteiger partial charge in [0, 0.05) is 12.7 Å². The SMILES string of the molecule is CC(C)CNC(=O)N/C=C/C1CC1. The number of rotatable bonds is 4. The van der Waals surface area contributed by atoms with E-state index in [2.05, 4.69) is 30.6 Å². The van der Waals surface area contributed by atoms with E-state index in [9.17, 15) is 4.79 Å². The molecule has 1 aliphatic carbocycles. The molecule has 0 unspecified atom stereocenters. The van der Waals surface area contributed by atoms with Crippen LogP contribution in [0.15, 0.2) is 12.3 Å². The van der Waals surface area contributed by atoms with Gasteiger partial charge in [-0.1, -0.05) is 19.9 Å². The van der Waals surface area contributed by atoms with E-state index in [1.54, 1.807) is 6.20 Å². The third kappa shape index (κ3) is 5.28. The maximum atomic E-state index is 11.1. The molecule has 0 saturated heterocycles. The highest BCUT2D eigenvalue weighted by atomic mass is 16.2. The number of carbonyl (C=O) groups is 1. The Kier molecular flexibility index (Phi) is 3.80. The molecule has 0 spiro atoms. The van der Waals surface area contributed by atoms with Crippen molar-refractivity contribution in [3.8, 4) is 0 Å². The fraction of sp³-hybridized carbons (Fsp3) is 0.700. The van der Waals surface area contributed by atoms with E-state index >= 15 is 0 Å². The van der Waals surface area contributed by atoms with E-state index in [4.69, 9.17) is 0 Å². The Labute approximate surface area is 79.6 Å². The molecule has 0 aliphatic heterocycles. The van der Waals surface area contributed by atoms with E-state index in [1.165, 1.54) is 12.8 Å². The number of nitrogens with one attached hydrogen (secondary N) is 2. The fourth-order valence-corrected chi connectivity index (χ4v) is 0.896. The summed E-state index contributed by atoms with van der Waals surface area (Å²) in [5.74, 6) is 1.21. The van der Waals surface area contributed by atoms with Crippen LogP contribution in [0.4, 0.5) is 4.79 Å². The van der Waals surface area contributed by atoms with Crippen molar-refractivity contribution in [2.75, 3.05) is 6.54 Å². The molecule has 0 heterocycles. The molecule has 0 aromatic heterocycles. The van der Waals surface area contributed by atoms with Gasteiger partial charge in [-0.2, -0.15) is 0 Å². The van der Waals surface area contributed by atoms with Crippen LogP contribution in [-0.2, 0) is 0 Å². The predicted octanol–water partition coefficient (Wildman–Crippen LogP) is 1.87. The second-order valence-electron chi connectivity index (χ2n) is 3.94. The van der Waals surface area contributed by atoms with Crippen LogP contribution < -0.4 is 10.6 Å². The molecule has 3 heteroatoms. The largest absolute Gasteiger partial charge is 0.338 e. The highest BCUT2D eigenvalue weighted by molar-refractivity contribution is 5.74. The Balaban J connectivity index is 2.02. The summed E-state index contributed by atoms with van der Waals surface area (Å²) in [7, 11) is 0. The summed E-state index contributed by atoms with van der Waals surface area (Å²) < 4.78 is 0. The first-order valence-electron chi connectivity index (χ1n) is 4.89. The first kappa shape index (κ1) is 10.1. The molecule has 1 aliphatic rings. The van der Waals surface area contributed by atoms with Crippen LogP contribution in [-0.4, -0.2) is 12.6 Å². The fourth-order valence-electron chi connectivity index (χ4n) is 0.896. The molecular formula is C10H18N2O. The molecule has 0 bridgehead atoms. The van der Waals surface area contributed by atoms with Crippen LogP contribution in [0.1, 0.15) is 26.7 Å². The summed E-state index contributed by atoms with van der Waals surface area (Å²) in [6.45, 7) is 4.86. The molecule has 3 nitrogen and oxygen atoms in total. The van der Waals surface area contributed by atoms with Crippen molar-refractivity contribution in [2.45, 2.75) is 26.7 Å². The van der Waals surface area contributed by atoms with Crippen molar-refractivity contribution in [3.63, 3.8) is 0 Å². The highest BCUT2D eigenvalue weighted by Crippen LogP contribution is 2.29. The minimum absolute atomic E-state index is 0.106. The summed E-state index contributed by atoms with van der Waals surface area (Å²) in [4.78, 5) is 11.1. The smallest absolute Gasteiger partial charge is 0.318 e. The van der Waals surface area contributed by atoms with E-state index in [-0.39, 0.29) is 6.03 Å². The number of hydrogen-bond acceptors (Lipinski definition) is 1. The molecular weight excluding hydrogens is 164 g/mol. The van der Waals surface area contributed by atoms with Gasteiger partial charge in [0.25, 0.3) is 0 Å². The van der Waals surface area contributed by atoms with Gasteiger partial charge in [0.1, 0.15) is 0 Å². The lowest BCUT2D eigenvalue weighted by molar-refractivity contribution is 0.243. The van der Waals surface area contributed by atoms with Gasteiger partial charge in [-0.05, 0) is 24.7 Å². The average Bonchev–Trinajstić information content (AvgIpc) is 2.84. The number of urea groups is 1. The lowest BCUT2D eigenvalue weighted by Crippen LogP contribution is -2.34. The van der Waals surface area contributed by atoms with Crippen LogP contribution >= 0.6 is 0 Å². The summed E-state index contributed by atoms with van der Waals surface area (Å²) in [5, 5.41) is 5.45. The van der Waals surface area contributed by atoms with Crippen LogP contribution in [0.2, 0.25) is 0 Å². The predicted molar refractivity (Wildman–Crippen MR) is 53.2 cm³/mol. The molecule has 1 fully saturated rings. The standard InChI is InChI=1S/C10H18N2O/c1-8(2)7-12-10(13)11-6-5-9-3-4-9/h5-6,8-9H,3-4,7H2,1-2H3,(H2,11,12,13)/b6-5+. The molecule has 1 saturated carbocycles. The van der Waals surface area contributed by atoms with Gasteiger partial charge in [0.2, 0.25) is 0 Å². The summed E-state index contributed by atoms with van der Waals surface area (Å²) in [6.07, 6.45) is 6.33. The van der Waals surface area contributed by atoms with Gasteiger partial charge in [-0.3, -0.25) is 0 Å². The van der Waals surface area contributed by atoms with Gasteiger partial charge in [-0.25, -0.2) is 4.79 Å². The van der Waals surface area contributed by atoms with E-state index in [1.807, 2.05) is 0 Å². The van der Waals surface area contributed by atoms with Crippen molar-refractivity contribution in [3.05, 3.63) is 12.3 Å². The maximum Gasteiger partial charge on any atom is 0.318 e. The molecule has 74 valence electrons. The number of carbonyl (C=O) groups excluding carboxylic acids is 1. The molecule has 0 atom stereocenters. The summed E-state index contributed by atoms with van der Waals surface area (Å²) in [6, 6.07) is -0.106. The zero-order valence-electron chi connectivity index (χ0n) is 8.34. The minimum Gasteiger partial charge on any atom is -0.338 e. The maximum absolute atomic E-state index is 11.1. The molecule has 0 radical (unpaired) electrons. The van der Waals surface area contributed by atoms with Crippen molar-refractivity contribution >= 4 is 6.03 Å². The topological polar surface area (TPSA) is 41.1 Å². The van der Waals surface area contributed by atoms with Crippen LogP contribution in [0, 0.1) is 11.8 Å². The van der Waals surface area contributed by atoms with Crippen molar-refractivity contribution in [1.29, 1.82) is 0 Å². The van der Waals surface area contributed by atoms with E-state index in [0.29, 0.717) is 11.8 Å². The van der Waals surface area contributed by atoms with Crippen LogP contribution in [0.5, 0.6) is 0 Å². The Morgan fingerprint density at radius 3 is 2.77 bits per heavy atom. The Morgan fingerprint density at radius 2 is 2.23 bits per heavy atom. The van der Waals surface area contributed by atoms with Gasteiger partial charge in [0.05, 0.1) is 0 Å². The monoisotopic (exact) mass is 182 g/mol. The highest BCUT2D eigenvalue weighted by Gasteiger charge is 2.16. The third-order valence-electron chi connectivity index (χ3n) is 1.88. The lowest BCUT2D eigenvalue weighted by Gasteiger charge is -2.06. The minimum atomic E-state index is -0.106. The van der Waals surface area contributed by atoms with E-state index in [0.717, 1.165) is 6.54 Å². The van der Waals surface area contributed by atoms with Crippen LogP contribution in [0.25, 0.3) is 0 Å². The second kappa shape index (κ2) is 4.90. The Bertz CT molecular complexity index is 195. The summed E-state index contributed by atoms with van der Waals surface area (Å²) >= 11 is 0. The van der Waals surface area contributed by atoms with Gasteiger partial charge in [0.15, 0.2) is 0 Å². The Morgan fingerprint density at radius 1 is 1.54 bits per heavy atom. The number of hydrogen-bond donors (Lipinski definition) is 2. The molecule has 0 aromatic carbocycles. The quantitative estimate of drug-likeness (QED) is 0.684. The third-order valence-corrected chi connectivity index (χ3v) is 1.88. The second-order valence-corrected chi connectivity index (χ2v) is 3.94. The molecule has 2 amide bonds.